The van der Waals surface area contributed by atoms with Gasteiger partial charge in [-0.05, 0) is 12.8 Å². The van der Waals surface area contributed by atoms with Gasteiger partial charge in [-0.1, -0.05) is 6.42 Å². The van der Waals surface area contributed by atoms with E-state index < -0.39 is 17.8 Å². The van der Waals surface area contributed by atoms with Gasteiger partial charge in [-0.3, -0.25) is 14.4 Å². The smallest absolute Gasteiger partial charge is 0.335 e. The average molecular weight is 1290 g/mol. The molecule has 0 saturated carbocycles. The molecule has 3 fully saturated rings. The van der Waals surface area contributed by atoms with Crippen LogP contribution in [0.3, 0.4) is 0 Å². The fourth-order valence-corrected chi connectivity index (χ4v) is 9.41. The molecule has 0 aromatic carbocycles. The molecule has 88 heavy (non-hydrogen) atoms. The molecule has 3 N–H and O–H groups in total. The van der Waals surface area contributed by atoms with Crippen molar-refractivity contribution >= 4 is 41.5 Å². The highest BCUT2D eigenvalue weighted by molar-refractivity contribution is 8.00. The number of hydrogen-bond donors (Lipinski definition) is 3. The average Bonchev–Trinajstić information content (AvgIpc) is 3.73. The summed E-state index contributed by atoms with van der Waals surface area (Å²) in [4.78, 5) is 62.9. The summed E-state index contributed by atoms with van der Waals surface area (Å²) in [7, 11) is 0. The summed E-state index contributed by atoms with van der Waals surface area (Å²) in [6, 6.07) is 0.381. The number of urea groups is 1. The number of imide groups is 1. The van der Waals surface area contributed by atoms with E-state index in [1.165, 1.54) is 0 Å². The standard InChI is InChI=1S/C57H104N4O26S/c62-52(4-2-1-3-51-56-50(49-88-51)59-57(66)60-56)58-8-10-68-12-14-70-16-18-72-20-22-74-24-26-76-28-30-78-32-34-80-36-38-82-40-42-84-44-46-86-48-47-85-45-43-83-41-39-81-37-35-79-33-31-77-29-27-75-25-23-73-21-19-71-17-15-69-13-11-67-9-7-55(65)87-61-53(63)5-6-54(61)64/h50-51,56H,1-49H2,(H,58,62)(H2,59,60,66)/t50-,51-,56-/m0/s1. The van der Waals surface area contributed by atoms with Crippen LogP contribution in [0.5, 0.6) is 0 Å². The molecule has 0 aromatic heterocycles. The van der Waals surface area contributed by atoms with Crippen LogP contribution in [-0.4, -0.2) is 329 Å². The van der Waals surface area contributed by atoms with Gasteiger partial charge in [-0.15, -0.1) is 5.06 Å². The predicted octanol–water partition coefficient (Wildman–Crippen LogP) is 0.158. The molecular formula is C57H104N4O26S. The molecule has 3 aliphatic rings. The van der Waals surface area contributed by atoms with Crippen LogP contribution in [0, 0.1) is 0 Å². The molecule has 0 aromatic rings. The number of rotatable bonds is 69. The Balaban J connectivity index is 0.843. The van der Waals surface area contributed by atoms with Gasteiger partial charge < -0.3 is 116 Å². The highest BCUT2D eigenvalue weighted by atomic mass is 32.2. The van der Waals surface area contributed by atoms with Gasteiger partial charge in [0.1, 0.15) is 0 Å². The summed E-state index contributed by atoms with van der Waals surface area (Å²) >= 11 is 1.90. The van der Waals surface area contributed by atoms with Gasteiger partial charge in [0.15, 0.2) is 0 Å². The summed E-state index contributed by atoms with van der Waals surface area (Å²) in [6.45, 7) is 18.2. The topological polar surface area (TPSA) is 319 Å². The molecule has 31 heteroatoms. The second-order valence-corrected chi connectivity index (χ2v) is 20.5. The van der Waals surface area contributed by atoms with Crippen LogP contribution >= 0.6 is 11.8 Å². The Morgan fingerprint density at radius 2 is 0.659 bits per heavy atom. The Hall–Kier alpha value is -3.10. The summed E-state index contributed by atoms with van der Waals surface area (Å²) in [6.07, 6.45) is 3.32. The largest absolute Gasteiger partial charge is 0.378 e. The third kappa shape index (κ3) is 47.8. The lowest BCUT2D eigenvalue weighted by Gasteiger charge is -2.16. The minimum atomic E-state index is -0.706. The van der Waals surface area contributed by atoms with E-state index in [2.05, 4.69) is 16.0 Å². The number of unbranched alkanes of at least 4 members (excludes halogenated alkanes) is 1. The SMILES string of the molecule is O=C(CCCC[C@@H]1SC[C@@H]2NC(=O)N[C@@H]21)NCCOCCOCCOCCOCCOCCOCCOCCOCCOCCOCCOCCOCCOCCOCCOCCOCCOCCOCCOCCOCCC(=O)ON1C(=O)CCC1=O. The first kappa shape index (κ1) is 79.1. The predicted molar refractivity (Wildman–Crippen MR) is 315 cm³/mol. The van der Waals surface area contributed by atoms with Gasteiger partial charge in [0.05, 0.1) is 283 Å². The van der Waals surface area contributed by atoms with Crippen molar-refractivity contribution in [2.24, 2.45) is 0 Å². The van der Waals surface area contributed by atoms with Crippen molar-refractivity contribution in [2.75, 3.05) is 277 Å². The van der Waals surface area contributed by atoms with E-state index in [-0.39, 0.29) is 56.5 Å². The fourth-order valence-electron chi connectivity index (χ4n) is 7.87. The molecule has 0 unspecified atom stereocenters. The molecule has 0 radical (unpaired) electrons. The number of hydrogen-bond acceptors (Lipinski definition) is 27. The summed E-state index contributed by atoms with van der Waals surface area (Å²) in [5.41, 5.74) is 0. The number of nitrogens with zero attached hydrogens (tertiary/aromatic N) is 1. The molecule has 514 valence electrons. The van der Waals surface area contributed by atoms with Gasteiger partial charge in [0.2, 0.25) is 5.91 Å². The first-order valence-electron chi connectivity index (χ1n) is 31.0. The lowest BCUT2D eigenvalue weighted by Crippen LogP contribution is -2.36. The number of fused-ring (bicyclic) bond motifs is 1. The number of nitrogens with one attached hydrogen (secondary N) is 3. The van der Waals surface area contributed by atoms with Crippen molar-refractivity contribution in [1.29, 1.82) is 0 Å². The fraction of sp³-hybridized carbons (Fsp3) is 0.912. The normalized spacial score (nSPS) is 16.5. The zero-order valence-electron chi connectivity index (χ0n) is 51.9. The molecule has 3 atom stereocenters. The van der Waals surface area contributed by atoms with E-state index in [1.807, 2.05) is 11.8 Å². The molecule has 30 nitrogen and oxygen atoms in total. The Morgan fingerprint density at radius 3 is 0.966 bits per heavy atom. The van der Waals surface area contributed by atoms with Crippen LogP contribution < -0.4 is 16.0 Å². The minimum absolute atomic E-state index is 0.0351. The Morgan fingerprint density at radius 1 is 0.375 bits per heavy atom. The quantitative estimate of drug-likeness (QED) is 0.0415. The van der Waals surface area contributed by atoms with Crippen LogP contribution in [0.25, 0.3) is 0 Å². The molecule has 3 rings (SSSR count). The first-order chi connectivity index (χ1) is 43.4. The number of thioether (sulfide) groups is 1. The Labute approximate surface area is 523 Å². The minimum Gasteiger partial charge on any atom is -0.378 e. The van der Waals surface area contributed by atoms with Gasteiger partial charge in [0, 0.05) is 36.8 Å². The van der Waals surface area contributed by atoms with E-state index in [0.717, 1.165) is 25.0 Å². The molecule has 3 aliphatic heterocycles. The molecule has 0 bridgehead atoms. The maximum absolute atomic E-state index is 12.1. The number of carbonyl (C=O) groups is 5. The van der Waals surface area contributed by atoms with E-state index in [1.54, 1.807) is 0 Å². The maximum Gasteiger partial charge on any atom is 0.335 e. The zero-order chi connectivity index (χ0) is 62.5. The van der Waals surface area contributed by atoms with Crippen LogP contribution in [0.4, 0.5) is 4.79 Å². The first-order valence-corrected chi connectivity index (χ1v) is 32.1. The molecule has 0 aliphatic carbocycles. The van der Waals surface area contributed by atoms with Crippen molar-refractivity contribution < 1.29 is 124 Å². The van der Waals surface area contributed by atoms with Crippen molar-refractivity contribution in [3.05, 3.63) is 0 Å². The third-order valence-corrected chi connectivity index (χ3v) is 13.9. The molecule has 0 spiro atoms. The van der Waals surface area contributed by atoms with Crippen LogP contribution in [0.15, 0.2) is 0 Å². The molecule has 5 amide bonds. The van der Waals surface area contributed by atoms with Gasteiger partial charge in [0.25, 0.3) is 11.8 Å². The van der Waals surface area contributed by atoms with Gasteiger partial charge in [-0.2, -0.15) is 11.8 Å². The van der Waals surface area contributed by atoms with Crippen LogP contribution in [0.2, 0.25) is 0 Å². The van der Waals surface area contributed by atoms with Gasteiger partial charge >= 0.3 is 12.0 Å². The summed E-state index contributed by atoms with van der Waals surface area (Å²) in [5.74, 6) is -0.752. The van der Waals surface area contributed by atoms with E-state index >= 15 is 0 Å². The second-order valence-electron chi connectivity index (χ2n) is 19.3. The number of amides is 5. The second kappa shape index (κ2) is 60.2. The van der Waals surface area contributed by atoms with E-state index in [0.29, 0.717) is 274 Å². The van der Waals surface area contributed by atoms with Gasteiger partial charge in [-0.25, -0.2) is 9.59 Å². The maximum atomic E-state index is 12.1. The van der Waals surface area contributed by atoms with Crippen molar-refractivity contribution in [3.63, 3.8) is 0 Å². The number of carbonyl (C=O) groups excluding carboxylic acids is 5. The number of hydroxylamine groups is 2. The van der Waals surface area contributed by atoms with E-state index in [4.69, 9.17) is 99.6 Å². The Bertz CT molecular complexity index is 1660. The monoisotopic (exact) mass is 1290 g/mol. The zero-order valence-corrected chi connectivity index (χ0v) is 52.7. The lowest BCUT2D eigenvalue weighted by molar-refractivity contribution is -0.198. The van der Waals surface area contributed by atoms with Crippen LogP contribution in [0.1, 0.15) is 44.9 Å². The molecule has 3 saturated heterocycles. The lowest BCUT2D eigenvalue weighted by atomic mass is 10.0. The molecule has 3 heterocycles. The van der Waals surface area contributed by atoms with E-state index in [9.17, 15) is 24.0 Å². The van der Waals surface area contributed by atoms with Crippen molar-refractivity contribution in [3.8, 4) is 0 Å². The van der Waals surface area contributed by atoms with Crippen molar-refractivity contribution in [2.45, 2.75) is 62.3 Å². The van der Waals surface area contributed by atoms with Crippen LogP contribution in [-0.2, 0) is 119 Å². The van der Waals surface area contributed by atoms with Crippen molar-refractivity contribution in [1.82, 2.24) is 21.0 Å². The molecular weight excluding hydrogens is 1190 g/mol. The summed E-state index contributed by atoms with van der Waals surface area (Å²) in [5, 5.41) is 9.80. The Kier molecular flexibility index (Phi) is 54.1. The third-order valence-electron chi connectivity index (χ3n) is 12.4. The number of ether oxygens (including phenoxy) is 20. The highest BCUT2D eigenvalue weighted by Crippen LogP contribution is 2.33. The highest BCUT2D eigenvalue weighted by Gasteiger charge is 2.42. The summed E-state index contributed by atoms with van der Waals surface area (Å²) < 4.78 is 110.